The summed E-state index contributed by atoms with van der Waals surface area (Å²) in [5.41, 5.74) is 0.749. The van der Waals surface area contributed by atoms with Crippen molar-refractivity contribution in [1.29, 1.82) is 0 Å². The first-order chi connectivity index (χ1) is 11.9. The minimum Gasteiger partial charge on any atom is -0.500 e. The fourth-order valence-corrected chi connectivity index (χ4v) is 3.47. The van der Waals surface area contributed by atoms with Gasteiger partial charge in [-0.05, 0) is 23.1 Å². The molecule has 1 aromatic heterocycles. The molecule has 0 fully saturated rings. The third-order valence-electron chi connectivity index (χ3n) is 3.92. The summed E-state index contributed by atoms with van der Waals surface area (Å²) in [4.78, 5) is 23.5. The standard InChI is InChI=1S/C16H15N3O5S/c1-9(20)18-12(8-11(17-18)15-4-3-5-25-15)10-6-13(19(22)23)16(21)14(7-10)24-2/h3-7,12,21H,8H2,1-2H3/t12-/m0/s1. The van der Waals surface area contributed by atoms with Gasteiger partial charge in [0.1, 0.15) is 0 Å². The zero-order valence-corrected chi connectivity index (χ0v) is 14.3. The number of carbonyl (C=O) groups is 1. The normalized spacial score (nSPS) is 16.6. The molecule has 0 aliphatic carbocycles. The number of hydrogen-bond acceptors (Lipinski definition) is 7. The molecule has 0 bridgehead atoms. The maximum absolute atomic E-state index is 12.0. The second-order valence-electron chi connectivity index (χ2n) is 5.46. The first kappa shape index (κ1) is 16.9. The average molecular weight is 361 g/mol. The molecule has 1 atom stereocenters. The van der Waals surface area contributed by atoms with E-state index in [1.54, 1.807) is 0 Å². The number of aromatic hydroxyl groups is 1. The Balaban J connectivity index is 2.05. The van der Waals surface area contributed by atoms with E-state index in [2.05, 4.69) is 5.10 Å². The Morgan fingerprint density at radius 3 is 2.84 bits per heavy atom. The maximum Gasteiger partial charge on any atom is 0.315 e. The summed E-state index contributed by atoms with van der Waals surface area (Å²) in [7, 11) is 1.31. The number of nitrogens with zero attached hydrogens (tertiary/aromatic N) is 3. The van der Waals surface area contributed by atoms with E-state index in [1.165, 1.54) is 42.5 Å². The Labute approximate surface area is 147 Å². The first-order valence-corrected chi connectivity index (χ1v) is 8.26. The van der Waals surface area contributed by atoms with Crippen molar-refractivity contribution in [3.8, 4) is 11.5 Å². The molecule has 1 aliphatic rings. The molecule has 2 aromatic rings. The largest absolute Gasteiger partial charge is 0.500 e. The van der Waals surface area contributed by atoms with Crippen LogP contribution in [0.1, 0.15) is 29.8 Å². The molecule has 3 rings (SSSR count). The molecule has 1 aliphatic heterocycles. The molecule has 1 N–H and O–H groups in total. The fourth-order valence-electron chi connectivity index (χ4n) is 2.75. The smallest absolute Gasteiger partial charge is 0.315 e. The van der Waals surface area contributed by atoms with Crippen LogP contribution in [0.25, 0.3) is 0 Å². The molecular formula is C16H15N3O5S. The number of methoxy groups -OCH3 is 1. The van der Waals surface area contributed by atoms with Crippen molar-refractivity contribution in [2.45, 2.75) is 19.4 Å². The molecule has 0 saturated carbocycles. The van der Waals surface area contributed by atoms with E-state index in [0.717, 1.165) is 10.6 Å². The lowest BCUT2D eigenvalue weighted by Crippen LogP contribution is -2.24. The first-order valence-electron chi connectivity index (χ1n) is 7.38. The van der Waals surface area contributed by atoms with E-state index < -0.39 is 22.4 Å². The van der Waals surface area contributed by atoms with Gasteiger partial charge in [-0.25, -0.2) is 5.01 Å². The number of carbonyl (C=O) groups excluding carboxylic acids is 1. The van der Waals surface area contributed by atoms with Gasteiger partial charge in [-0.2, -0.15) is 5.10 Å². The minimum atomic E-state index is -0.685. The molecule has 0 saturated heterocycles. The highest BCUT2D eigenvalue weighted by atomic mass is 32.1. The molecule has 9 heteroatoms. The third kappa shape index (κ3) is 3.05. The van der Waals surface area contributed by atoms with E-state index >= 15 is 0 Å². The van der Waals surface area contributed by atoms with Crippen molar-refractivity contribution >= 4 is 28.6 Å². The number of hydrogen-bond donors (Lipinski definition) is 1. The van der Waals surface area contributed by atoms with Gasteiger partial charge < -0.3 is 9.84 Å². The number of nitro groups is 1. The number of benzene rings is 1. The molecule has 130 valence electrons. The minimum absolute atomic E-state index is 0.0164. The van der Waals surface area contributed by atoms with Crippen molar-refractivity contribution in [2.24, 2.45) is 5.10 Å². The van der Waals surface area contributed by atoms with Crippen LogP contribution in [-0.2, 0) is 4.79 Å². The van der Waals surface area contributed by atoms with Crippen LogP contribution < -0.4 is 4.74 Å². The molecule has 1 aromatic carbocycles. The van der Waals surface area contributed by atoms with Crippen molar-refractivity contribution in [1.82, 2.24) is 5.01 Å². The zero-order valence-electron chi connectivity index (χ0n) is 13.5. The van der Waals surface area contributed by atoms with Crippen LogP contribution >= 0.6 is 11.3 Å². The second kappa shape index (κ2) is 6.52. The highest BCUT2D eigenvalue weighted by Crippen LogP contribution is 2.42. The molecule has 25 heavy (non-hydrogen) atoms. The molecule has 0 unspecified atom stereocenters. The van der Waals surface area contributed by atoms with Crippen molar-refractivity contribution in [3.05, 3.63) is 50.2 Å². The monoisotopic (exact) mass is 361 g/mol. The van der Waals surface area contributed by atoms with Gasteiger partial charge in [0.2, 0.25) is 11.7 Å². The van der Waals surface area contributed by atoms with Crippen LogP contribution in [0, 0.1) is 10.1 Å². The van der Waals surface area contributed by atoms with Gasteiger partial charge >= 0.3 is 5.69 Å². The van der Waals surface area contributed by atoms with Gasteiger partial charge in [0.15, 0.2) is 5.75 Å². The topological polar surface area (TPSA) is 105 Å². The number of hydrazone groups is 1. The van der Waals surface area contributed by atoms with E-state index in [-0.39, 0.29) is 11.7 Å². The van der Waals surface area contributed by atoms with E-state index in [0.29, 0.717) is 12.0 Å². The maximum atomic E-state index is 12.0. The van der Waals surface area contributed by atoms with E-state index in [9.17, 15) is 20.0 Å². The van der Waals surface area contributed by atoms with Crippen molar-refractivity contribution in [3.63, 3.8) is 0 Å². The summed E-state index contributed by atoms with van der Waals surface area (Å²) >= 11 is 1.51. The summed E-state index contributed by atoms with van der Waals surface area (Å²) in [6.07, 6.45) is 0.422. The zero-order chi connectivity index (χ0) is 18.1. The van der Waals surface area contributed by atoms with Crippen LogP contribution in [0.5, 0.6) is 11.5 Å². The van der Waals surface area contributed by atoms with Gasteiger partial charge in [-0.3, -0.25) is 14.9 Å². The van der Waals surface area contributed by atoms with Crippen LogP contribution in [0.2, 0.25) is 0 Å². The van der Waals surface area contributed by atoms with E-state index in [4.69, 9.17) is 4.74 Å². The van der Waals surface area contributed by atoms with Crippen LogP contribution in [0.4, 0.5) is 5.69 Å². The highest BCUT2D eigenvalue weighted by molar-refractivity contribution is 7.12. The van der Waals surface area contributed by atoms with Gasteiger partial charge in [0, 0.05) is 19.4 Å². The molecule has 0 spiro atoms. The van der Waals surface area contributed by atoms with Crippen LogP contribution in [-0.4, -0.2) is 33.8 Å². The van der Waals surface area contributed by atoms with Crippen LogP contribution in [0.15, 0.2) is 34.7 Å². The molecular weight excluding hydrogens is 346 g/mol. The molecule has 1 amide bonds. The van der Waals surface area contributed by atoms with Gasteiger partial charge in [-0.1, -0.05) is 6.07 Å². The van der Waals surface area contributed by atoms with Crippen molar-refractivity contribution in [2.75, 3.05) is 7.11 Å². The predicted octanol–water partition coefficient (Wildman–Crippen LogP) is 3.07. The molecule has 8 nitrogen and oxygen atoms in total. The fraction of sp³-hybridized carbons (Fsp3) is 0.250. The summed E-state index contributed by atoms with van der Waals surface area (Å²) < 4.78 is 5.04. The SMILES string of the molecule is COc1cc([C@@H]2CC(c3cccs3)=NN2C(C)=O)cc([N+](=O)[O-])c1O. The Morgan fingerprint density at radius 1 is 1.52 bits per heavy atom. The number of nitro benzene ring substituents is 1. The Kier molecular flexibility index (Phi) is 4.41. The quantitative estimate of drug-likeness (QED) is 0.665. The lowest BCUT2D eigenvalue weighted by molar-refractivity contribution is -0.386. The number of thiophene rings is 1. The Bertz CT molecular complexity index is 863. The third-order valence-corrected chi connectivity index (χ3v) is 4.84. The lowest BCUT2D eigenvalue weighted by atomic mass is 9.99. The number of phenols is 1. The molecule has 0 radical (unpaired) electrons. The summed E-state index contributed by atoms with van der Waals surface area (Å²) in [6.45, 7) is 1.39. The summed E-state index contributed by atoms with van der Waals surface area (Å²) in [6, 6.07) is 6.05. The van der Waals surface area contributed by atoms with Gasteiger partial charge in [-0.15, -0.1) is 11.3 Å². The Morgan fingerprint density at radius 2 is 2.28 bits per heavy atom. The average Bonchev–Trinajstić information content (AvgIpc) is 3.24. The number of amides is 1. The second-order valence-corrected chi connectivity index (χ2v) is 6.40. The summed E-state index contributed by atoms with van der Waals surface area (Å²) in [5, 5.41) is 28.7. The summed E-state index contributed by atoms with van der Waals surface area (Å²) in [5.74, 6) is -0.827. The number of rotatable bonds is 4. The predicted molar refractivity (Wildman–Crippen MR) is 92.0 cm³/mol. The highest BCUT2D eigenvalue weighted by Gasteiger charge is 2.34. The van der Waals surface area contributed by atoms with Gasteiger partial charge in [0.25, 0.3) is 0 Å². The lowest BCUT2D eigenvalue weighted by Gasteiger charge is -2.21. The molecule has 2 heterocycles. The number of phenolic OH excluding ortho intramolecular Hbond substituents is 1. The van der Waals surface area contributed by atoms with Gasteiger partial charge in [0.05, 0.1) is 28.7 Å². The van der Waals surface area contributed by atoms with Crippen LogP contribution in [0.3, 0.4) is 0 Å². The van der Waals surface area contributed by atoms with E-state index in [1.807, 2.05) is 17.5 Å². The Hall–Kier alpha value is -2.94. The number of ether oxygens (including phenoxy) is 1. The van der Waals surface area contributed by atoms with Crippen molar-refractivity contribution < 1.29 is 19.6 Å².